The predicted octanol–water partition coefficient (Wildman–Crippen LogP) is 2.25. The minimum atomic E-state index is 0.288. The van der Waals surface area contributed by atoms with E-state index in [1.807, 2.05) is 0 Å². The van der Waals surface area contributed by atoms with Crippen molar-refractivity contribution in [1.82, 2.24) is 4.90 Å². The second-order valence-electron chi connectivity index (χ2n) is 4.94. The highest BCUT2D eigenvalue weighted by Gasteiger charge is 2.10. The molecule has 0 unspecified atom stereocenters. The van der Waals surface area contributed by atoms with Crippen molar-refractivity contribution in [3.05, 3.63) is 35.4 Å². The van der Waals surface area contributed by atoms with Crippen LogP contribution in [-0.2, 0) is 12.8 Å². The molecule has 0 radical (unpaired) electrons. The lowest BCUT2D eigenvalue weighted by molar-refractivity contribution is 0.288. The third kappa shape index (κ3) is 4.14. The molecule has 0 aromatic heterocycles. The van der Waals surface area contributed by atoms with Gasteiger partial charge < -0.3 is 10.0 Å². The molecule has 0 saturated carbocycles. The molecule has 0 aliphatic carbocycles. The summed E-state index contributed by atoms with van der Waals surface area (Å²) in [6, 6.07) is 8.88. The van der Waals surface area contributed by atoms with Crippen LogP contribution in [0.5, 0.6) is 0 Å². The first kappa shape index (κ1) is 12.6. The van der Waals surface area contributed by atoms with Crippen molar-refractivity contribution < 1.29 is 5.11 Å². The van der Waals surface area contributed by atoms with E-state index < -0.39 is 0 Å². The Morgan fingerprint density at radius 1 is 0.941 bits per heavy atom. The number of aryl methyl sites for hydroxylation is 1. The highest BCUT2D eigenvalue weighted by molar-refractivity contribution is 5.22. The van der Waals surface area contributed by atoms with Gasteiger partial charge in [-0.05, 0) is 56.3 Å². The van der Waals surface area contributed by atoms with E-state index >= 15 is 0 Å². The zero-order valence-electron chi connectivity index (χ0n) is 10.6. The van der Waals surface area contributed by atoms with E-state index in [9.17, 15) is 0 Å². The van der Waals surface area contributed by atoms with Crippen molar-refractivity contribution in [2.24, 2.45) is 0 Å². The van der Waals surface area contributed by atoms with Crippen molar-refractivity contribution in [2.75, 3.05) is 26.2 Å². The standard InChI is InChI=1S/C15H23NO/c17-13-3-4-14-5-7-15(8-6-14)9-12-16-10-1-2-11-16/h5-8,17H,1-4,9-13H2. The molecule has 0 bridgehead atoms. The fraction of sp³-hybridized carbons (Fsp3) is 0.600. The molecule has 94 valence electrons. The van der Waals surface area contributed by atoms with Crippen LogP contribution in [0, 0.1) is 0 Å². The van der Waals surface area contributed by atoms with Crippen LogP contribution in [0.4, 0.5) is 0 Å². The smallest absolute Gasteiger partial charge is 0.0434 e. The first-order chi connectivity index (χ1) is 8.38. The van der Waals surface area contributed by atoms with Crippen LogP contribution in [0.1, 0.15) is 30.4 Å². The second kappa shape index (κ2) is 6.77. The summed E-state index contributed by atoms with van der Waals surface area (Å²) in [4.78, 5) is 2.56. The summed E-state index contributed by atoms with van der Waals surface area (Å²) in [6.45, 7) is 4.07. The fourth-order valence-corrected chi connectivity index (χ4v) is 2.45. The second-order valence-corrected chi connectivity index (χ2v) is 4.94. The summed E-state index contributed by atoms with van der Waals surface area (Å²) in [5.74, 6) is 0. The lowest BCUT2D eigenvalue weighted by Crippen LogP contribution is -2.21. The Morgan fingerprint density at radius 3 is 2.12 bits per heavy atom. The van der Waals surface area contributed by atoms with Gasteiger partial charge in [-0.15, -0.1) is 0 Å². The lowest BCUT2D eigenvalue weighted by atomic mass is 10.1. The van der Waals surface area contributed by atoms with Gasteiger partial charge in [0.05, 0.1) is 0 Å². The predicted molar refractivity (Wildman–Crippen MR) is 71.2 cm³/mol. The van der Waals surface area contributed by atoms with Crippen molar-refractivity contribution >= 4 is 0 Å². The molecule has 1 saturated heterocycles. The first-order valence-electron chi connectivity index (χ1n) is 6.79. The number of nitrogens with zero attached hydrogens (tertiary/aromatic N) is 1. The molecule has 1 aromatic rings. The lowest BCUT2D eigenvalue weighted by Gasteiger charge is -2.14. The zero-order valence-corrected chi connectivity index (χ0v) is 10.6. The molecule has 2 nitrogen and oxygen atoms in total. The van der Waals surface area contributed by atoms with Gasteiger partial charge in [-0.3, -0.25) is 0 Å². The average Bonchev–Trinajstić information content (AvgIpc) is 2.88. The molecule has 1 heterocycles. The highest BCUT2D eigenvalue weighted by Crippen LogP contribution is 2.11. The molecule has 1 aliphatic heterocycles. The van der Waals surface area contributed by atoms with E-state index in [-0.39, 0.29) is 6.61 Å². The van der Waals surface area contributed by atoms with Crippen LogP contribution in [0.3, 0.4) is 0 Å². The fourth-order valence-electron chi connectivity index (χ4n) is 2.45. The van der Waals surface area contributed by atoms with E-state index in [1.165, 1.54) is 50.0 Å². The van der Waals surface area contributed by atoms with Gasteiger partial charge in [0, 0.05) is 13.2 Å². The van der Waals surface area contributed by atoms with Crippen molar-refractivity contribution in [2.45, 2.75) is 32.1 Å². The summed E-state index contributed by atoms with van der Waals surface area (Å²) in [7, 11) is 0. The van der Waals surface area contributed by atoms with Crippen molar-refractivity contribution in [3.8, 4) is 0 Å². The Bertz CT molecular complexity index is 314. The molecule has 1 aromatic carbocycles. The van der Waals surface area contributed by atoms with Gasteiger partial charge in [0.15, 0.2) is 0 Å². The minimum Gasteiger partial charge on any atom is -0.396 e. The number of aliphatic hydroxyl groups excluding tert-OH is 1. The minimum absolute atomic E-state index is 0.288. The number of benzene rings is 1. The number of aliphatic hydroxyl groups is 1. The van der Waals surface area contributed by atoms with Crippen LogP contribution in [0.2, 0.25) is 0 Å². The molecular weight excluding hydrogens is 210 g/mol. The number of likely N-dealkylation sites (tertiary alicyclic amines) is 1. The first-order valence-corrected chi connectivity index (χ1v) is 6.79. The van der Waals surface area contributed by atoms with Gasteiger partial charge in [0.2, 0.25) is 0 Å². The maximum Gasteiger partial charge on any atom is 0.0434 e. The molecular formula is C15H23NO. The Morgan fingerprint density at radius 2 is 1.53 bits per heavy atom. The number of rotatable bonds is 6. The Kier molecular flexibility index (Phi) is 5.02. The summed E-state index contributed by atoms with van der Waals surface area (Å²) < 4.78 is 0. The Hall–Kier alpha value is -0.860. The SMILES string of the molecule is OCCCc1ccc(CCN2CCCC2)cc1. The quantitative estimate of drug-likeness (QED) is 0.814. The van der Waals surface area contributed by atoms with Crippen LogP contribution < -0.4 is 0 Å². The summed E-state index contributed by atoms with van der Waals surface area (Å²) in [5.41, 5.74) is 2.77. The van der Waals surface area contributed by atoms with Crippen LogP contribution >= 0.6 is 0 Å². The third-order valence-corrected chi connectivity index (χ3v) is 3.56. The van der Waals surface area contributed by atoms with Crippen molar-refractivity contribution in [3.63, 3.8) is 0 Å². The molecule has 0 spiro atoms. The van der Waals surface area contributed by atoms with E-state index in [1.54, 1.807) is 0 Å². The van der Waals surface area contributed by atoms with Gasteiger partial charge in [-0.25, -0.2) is 0 Å². The third-order valence-electron chi connectivity index (χ3n) is 3.56. The zero-order chi connectivity index (χ0) is 11.9. The maximum absolute atomic E-state index is 8.78. The molecule has 0 atom stereocenters. The Labute approximate surface area is 104 Å². The average molecular weight is 233 g/mol. The van der Waals surface area contributed by atoms with E-state index in [2.05, 4.69) is 29.2 Å². The van der Waals surface area contributed by atoms with Gasteiger partial charge in [0.1, 0.15) is 0 Å². The number of hydrogen-bond donors (Lipinski definition) is 1. The van der Waals surface area contributed by atoms with E-state index in [0.717, 1.165) is 12.8 Å². The molecule has 17 heavy (non-hydrogen) atoms. The van der Waals surface area contributed by atoms with Gasteiger partial charge in [-0.1, -0.05) is 24.3 Å². The van der Waals surface area contributed by atoms with Crippen LogP contribution in [-0.4, -0.2) is 36.2 Å². The summed E-state index contributed by atoms with van der Waals surface area (Å²) >= 11 is 0. The molecule has 1 N–H and O–H groups in total. The Balaban J connectivity index is 1.76. The van der Waals surface area contributed by atoms with Crippen molar-refractivity contribution in [1.29, 1.82) is 0 Å². The molecule has 1 fully saturated rings. The number of hydrogen-bond acceptors (Lipinski definition) is 2. The highest BCUT2D eigenvalue weighted by atomic mass is 16.2. The van der Waals surface area contributed by atoms with E-state index in [4.69, 9.17) is 5.11 Å². The van der Waals surface area contributed by atoms with E-state index in [0.29, 0.717) is 0 Å². The largest absolute Gasteiger partial charge is 0.396 e. The molecule has 1 aliphatic rings. The molecule has 2 heteroatoms. The normalized spacial score (nSPS) is 16.5. The summed E-state index contributed by atoms with van der Waals surface area (Å²) in [6.07, 6.45) is 5.77. The van der Waals surface area contributed by atoms with Gasteiger partial charge in [-0.2, -0.15) is 0 Å². The topological polar surface area (TPSA) is 23.5 Å². The van der Waals surface area contributed by atoms with Gasteiger partial charge >= 0.3 is 0 Å². The molecule has 2 rings (SSSR count). The summed E-state index contributed by atoms with van der Waals surface area (Å²) in [5, 5.41) is 8.78. The van der Waals surface area contributed by atoms with Crippen LogP contribution in [0.25, 0.3) is 0 Å². The monoisotopic (exact) mass is 233 g/mol. The van der Waals surface area contributed by atoms with Gasteiger partial charge in [0.25, 0.3) is 0 Å². The van der Waals surface area contributed by atoms with Crippen LogP contribution in [0.15, 0.2) is 24.3 Å². The maximum atomic E-state index is 8.78. The molecule has 0 amide bonds.